The highest BCUT2D eigenvalue weighted by atomic mass is 16.1. The molecule has 0 radical (unpaired) electrons. The van der Waals surface area contributed by atoms with E-state index in [9.17, 15) is 4.79 Å². The highest BCUT2D eigenvalue weighted by Gasteiger charge is 2.06. The molecule has 1 unspecified atom stereocenters. The molecule has 0 bridgehead atoms. The zero-order chi connectivity index (χ0) is 11.8. The highest BCUT2D eigenvalue weighted by Crippen LogP contribution is 2.10. The minimum Gasteiger partial charge on any atom is -0.355 e. The van der Waals surface area contributed by atoms with E-state index < -0.39 is 0 Å². The van der Waals surface area contributed by atoms with Gasteiger partial charge in [-0.2, -0.15) is 0 Å². The highest BCUT2D eigenvalue weighted by molar-refractivity contribution is 5.77. The molecule has 0 spiro atoms. The summed E-state index contributed by atoms with van der Waals surface area (Å²) in [5.41, 5.74) is 1.20. The summed E-state index contributed by atoms with van der Waals surface area (Å²) in [4.78, 5) is 11.4. The number of hydrogen-bond acceptors (Lipinski definition) is 2. The van der Waals surface area contributed by atoms with Gasteiger partial charge in [-0.15, -0.1) is 0 Å². The largest absolute Gasteiger partial charge is 0.355 e. The van der Waals surface area contributed by atoms with Gasteiger partial charge in [-0.3, -0.25) is 4.79 Å². The average Bonchev–Trinajstić information content (AvgIpc) is 2.34. The van der Waals surface area contributed by atoms with Crippen LogP contribution >= 0.6 is 0 Å². The molecular formula is C13H20N2O. The molecule has 1 atom stereocenters. The SMILES string of the molecule is CCCNC(=O)CNC(C)c1ccccc1. The predicted molar refractivity (Wildman–Crippen MR) is 66.2 cm³/mol. The number of hydrogen-bond donors (Lipinski definition) is 2. The van der Waals surface area contributed by atoms with E-state index in [-0.39, 0.29) is 11.9 Å². The van der Waals surface area contributed by atoms with Crippen LogP contribution < -0.4 is 10.6 Å². The normalized spacial score (nSPS) is 12.1. The standard InChI is InChI=1S/C13H20N2O/c1-3-9-14-13(16)10-15-11(2)12-7-5-4-6-8-12/h4-8,11,15H,3,9-10H2,1-2H3,(H,14,16). The molecule has 0 heterocycles. The summed E-state index contributed by atoms with van der Waals surface area (Å²) in [6.45, 7) is 5.22. The quantitative estimate of drug-likeness (QED) is 0.768. The monoisotopic (exact) mass is 220 g/mol. The lowest BCUT2D eigenvalue weighted by molar-refractivity contribution is -0.120. The first-order chi connectivity index (χ1) is 7.74. The maximum absolute atomic E-state index is 11.4. The number of carbonyl (C=O) groups is 1. The molecule has 16 heavy (non-hydrogen) atoms. The Bertz CT molecular complexity index is 311. The van der Waals surface area contributed by atoms with Gasteiger partial charge in [0.15, 0.2) is 0 Å². The number of carbonyl (C=O) groups excluding carboxylic acids is 1. The molecule has 1 aromatic rings. The van der Waals surface area contributed by atoms with Crippen LogP contribution in [0.15, 0.2) is 30.3 Å². The molecule has 3 heteroatoms. The van der Waals surface area contributed by atoms with Crippen LogP contribution in [0.3, 0.4) is 0 Å². The third-order valence-electron chi connectivity index (χ3n) is 2.44. The van der Waals surface area contributed by atoms with E-state index in [1.54, 1.807) is 0 Å². The average molecular weight is 220 g/mol. The molecule has 1 rings (SSSR count). The van der Waals surface area contributed by atoms with Crippen molar-refractivity contribution < 1.29 is 4.79 Å². The van der Waals surface area contributed by atoms with Crippen LogP contribution in [0, 0.1) is 0 Å². The van der Waals surface area contributed by atoms with Gasteiger partial charge in [0.2, 0.25) is 5.91 Å². The first-order valence-electron chi connectivity index (χ1n) is 5.79. The Morgan fingerprint density at radius 2 is 2.00 bits per heavy atom. The Morgan fingerprint density at radius 1 is 1.31 bits per heavy atom. The van der Waals surface area contributed by atoms with Gasteiger partial charge in [-0.1, -0.05) is 37.3 Å². The fraction of sp³-hybridized carbons (Fsp3) is 0.462. The van der Waals surface area contributed by atoms with E-state index in [0.29, 0.717) is 6.54 Å². The number of benzene rings is 1. The van der Waals surface area contributed by atoms with Crippen LogP contribution in [0.5, 0.6) is 0 Å². The van der Waals surface area contributed by atoms with Gasteiger partial charge in [0, 0.05) is 12.6 Å². The molecule has 0 fully saturated rings. The fourth-order valence-corrected chi connectivity index (χ4v) is 1.43. The lowest BCUT2D eigenvalue weighted by Gasteiger charge is -2.13. The van der Waals surface area contributed by atoms with Crippen LogP contribution in [0.25, 0.3) is 0 Å². The van der Waals surface area contributed by atoms with Crippen molar-refractivity contribution in [2.24, 2.45) is 0 Å². The summed E-state index contributed by atoms with van der Waals surface area (Å²) >= 11 is 0. The lowest BCUT2D eigenvalue weighted by Crippen LogP contribution is -2.35. The second-order valence-electron chi connectivity index (χ2n) is 3.86. The molecule has 0 aliphatic heterocycles. The Balaban J connectivity index is 2.30. The molecule has 2 N–H and O–H groups in total. The first-order valence-corrected chi connectivity index (χ1v) is 5.79. The van der Waals surface area contributed by atoms with E-state index in [0.717, 1.165) is 13.0 Å². The molecule has 88 valence electrons. The van der Waals surface area contributed by atoms with Crippen LogP contribution in [0.4, 0.5) is 0 Å². The van der Waals surface area contributed by atoms with Crippen molar-refractivity contribution in [2.45, 2.75) is 26.3 Å². The third-order valence-corrected chi connectivity index (χ3v) is 2.44. The van der Waals surface area contributed by atoms with Gasteiger partial charge < -0.3 is 10.6 Å². The molecule has 1 amide bonds. The predicted octanol–water partition coefficient (Wildman–Crippen LogP) is 1.86. The van der Waals surface area contributed by atoms with Gasteiger partial charge in [0.25, 0.3) is 0 Å². The van der Waals surface area contributed by atoms with E-state index in [4.69, 9.17) is 0 Å². The van der Waals surface area contributed by atoms with E-state index in [1.165, 1.54) is 5.56 Å². The van der Waals surface area contributed by atoms with E-state index >= 15 is 0 Å². The zero-order valence-electron chi connectivity index (χ0n) is 9.99. The zero-order valence-corrected chi connectivity index (χ0v) is 9.99. The summed E-state index contributed by atoms with van der Waals surface area (Å²) in [5.74, 6) is 0.0598. The first kappa shape index (κ1) is 12.7. The van der Waals surface area contributed by atoms with Gasteiger partial charge in [-0.25, -0.2) is 0 Å². The minimum atomic E-state index is 0.0598. The number of nitrogens with one attached hydrogen (secondary N) is 2. The molecule has 0 saturated heterocycles. The molecule has 1 aromatic carbocycles. The van der Waals surface area contributed by atoms with Crippen LogP contribution in [-0.2, 0) is 4.79 Å². The summed E-state index contributed by atoms with van der Waals surface area (Å²) in [6, 6.07) is 10.3. The molecular weight excluding hydrogens is 200 g/mol. The topological polar surface area (TPSA) is 41.1 Å². The molecule has 3 nitrogen and oxygen atoms in total. The maximum Gasteiger partial charge on any atom is 0.233 e. The lowest BCUT2D eigenvalue weighted by atomic mass is 10.1. The van der Waals surface area contributed by atoms with Crippen LogP contribution in [0.1, 0.15) is 31.9 Å². The summed E-state index contributed by atoms with van der Waals surface area (Å²) in [7, 11) is 0. The van der Waals surface area contributed by atoms with Crippen molar-refractivity contribution in [3.05, 3.63) is 35.9 Å². The molecule has 0 saturated carbocycles. The molecule has 0 aromatic heterocycles. The van der Waals surface area contributed by atoms with E-state index in [1.807, 2.05) is 25.1 Å². The van der Waals surface area contributed by atoms with Crippen LogP contribution in [-0.4, -0.2) is 19.0 Å². The van der Waals surface area contributed by atoms with Gasteiger partial charge >= 0.3 is 0 Å². The van der Waals surface area contributed by atoms with Crippen molar-refractivity contribution in [3.8, 4) is 0 Å². The van der Waals surface area contributed by atoms with Crippen molar-refractivity contribution in [3.63, 3.8) is 0 Å². The minimum absolute atomic E-state index is 0.0598. The van der Waals surface area contributed by atoms with Crippen molar-refractivity contribution in [2.75, 3.05) is 13.1 Å². The summed E-state index contributed by atoms with van der Waals surface area (Å²) in [6.07, 6.45) is 0.972. The second-order valence-corrected chi connectivity index (χ2v) is 3.86. The Morgan fingerprint density at radius 3 is 2.62 bits per heavy atom. The van der Waals surface area contributed by atoms with Gasteiger partial charge in [0.1, 0.15) is 0 Å². The van der Waals surface area contributed by atoms with Gasteiger partial charge in [-0.05, 0) is 18.9 Å². The third kappa shape index (κ3) is 4.45. The second kappa shape index (κ2) is 7.01. The maximum atomic E-state index is 11.4. The Hall–Kier alpha value is -1.35. The number of amides is 1. The molecule has 0 aliphatic carbocycles. The van der Waals surface area contributed by atoms with E-state index in [2.05, 4.69) is 29.7 Å². The van der Waals surface area contributed by atoms with Crippen molar-refractivity contribution in [1.29, 1.82) is 0 Å². The fourth-order valence-electron chi connectivity index (χ4n) is 1.43. The Kier molecular flexibility index (Phi) is 5.57. The molecule has 0 aliphatic rings. The van der Waals surface area contributed by atoms with Crippen LogP contribution in [0.2, 0.25) is 0 Å². The van der Waals surface area contributed by atoms with Crippen molar-refractivity contribution >= 4 is 5.91 Å². The summed E-state index contributed by atoms with van der Waals surface area (Å²) in [5, 5.41) is 6.03. The Labute approximate surface area is 97.2 Å². The summed E-state index contributed by atoms with van der Waals surface area (Å²) < 4.78 is 0. The smallest absolute Gasteiger partial charge is 0.233 e. The van der Waals surface area contributed by atoms with Gasteiger partial charge in [0.05, 0.1) is 6.54 Å². The number of rotatable bonds is 6. The van der Waals surface area contributed by atoms with Crippen molar-refractivity contribution in [1.82, 2.24) is 10.6 Å².